The topological polar surface area (TPSA) is 93.9 Å². The summed E-state index contributed by atoms with van der Waals surface area (Å²) in [6.07, 6.45) is 1.69. The van der Waals surface area contributed by atoms with Crippen molar-refractivity contribution in [2.45, 2.75) is 45.3 Å². The highest BCUT2D eigenvalue weighted by molar-refractivity contribution is 7.80. The molecule has 1 aromatic rings. The van der Waals surface area contributed by atoms with Crippen molar-refractivity contribution in [2.75, 3.05) is 14.2 Å². The number of nitrogens with one attached hydrogen (secondary N) is 1. The summed E-state index contributed by atoms with van der Waals surface area (Å²) >= 11 is 5.42. The molecule has 0 fully saturated rings. The molecular weight excluding hydrogens is 382 g/mol. The van der Waals surface area contributed by atoms with Crippen molar-refractivity contribution in [3.63, 3.8) is 0 Å². The van der Waals surface area contributed by atoms with Crippen LogP contribution in [0, 0.1) is 10.1 Å². The second-order valence-electron chi connectivity index (χ2n) is 7.07. The van der Waals surface area contributed by atoms with Gasteiger partial charge in [0.1, 0.15) is 0 Å². The predicted molar refractivity (Wildman–Crippen MR) is 108 cm³/mol. The van der Waals surface area contributed by atoms with Crippen LogP contribution in [0.15, 0.2) is 23.4 Å². The van der Waals surface area contributed by atoms with Gasteiger partial charge >= 0.3 is 5.69 Å². The number of Topliss-reactive ketones (excluding diaryl/α,β-unsaturated/α-hetero) is 1. The molecule has 0 saturated carbocycles. The third kappa shape index (κ3) is 3.54. The number of carbonyl (C=O) groups is 1. The number of ketones is 1. The van der Waals surface area contributed by atoms with Crippen LogP contribution < -0.4 is 14.8 Å². The molecule has 2 aliphatic rings. The summed E-state index contributed by atoms with van der Waals surface area (Å²) in [6.45, 7) is 3.57. The second kappa shape index (κ2) is 7.75. The van der Waals surface area contributed by atoms with Gasteiger partial charge in [-0.1, -0.05) is 0 Å². The van der Waals surface area contributed by atoms with Gasteiger partial charge in [0, 0.05) is 30.8 Å². The van der Waals surface area contributed by atoms with Crippen molar-refractivity contribution in [1.29, 1.82) is 0 Å². The fourth-order valence-electron chi connectivity index (χ4n) is 3.60. The Kier molecular flexibility index (Phi) is 5.55. The number of hydrogen-bond donors (Lipinski definition) is 1. The van der Waals surface area contributed by atoms with Gasteiger partial charge in [0.25, 0.3) is 0 Å². The van der Waals surface area contributed by atoms with Gasteiger partial charge in [0.15, 0.2) is 16.6 Å². The van der Waals surface area contributed by atoms with E-state index in [1.165, 1.54) is 13.2 Å². The first-order valence-electron chi connectivity index (χ1n) is 9.08. The number of ether oxygens (including phenoxy) is 2. The smallest absolute Gasteiger partial charge is 0.315 e. The summed E-state index contributed by atoms with van der Waals surface area (Å²) in [4.78, 5) is 25.7. The second-order valence-corrected chi connectivity index (χ2v) is 7.46. The van der Waals surface area contributed by atoms with Gasteiger partial charge in [-0.15, -0.1) is 0 Å². The van der Waals surface area contributed by atoms with Crippen LogP contribution in [0.3, 0.4) is 0 Å². The first kappa shape index (κ1) is 20.1. The molecule has 0 aromatic heterocycles. The van der Waals surface area contributed by atoms with Gasteiger partial charge in [0.2, 0.25) is 5.75 Å². The lowest BCUT2D eigenvalue weighted by molar-refractivity contribution is -0.386. The molecule has 1 aliphatic carbocycles. The minimum absolute atomic E-state index is 0.0252. The van der Waals surface area contributed by atoms with Crippen LogP contribution in [0.25, 0.3) is 0 Å². The highest BCUT2D eigenvalue weighted by Gasteiger charge is 2.37. The van der Waals surface area contributed by atoms with Gasteiger partial charge in [0.05, 0.1) is 24.2 Å². The molecule has 1 unspecified atom stereocenters. The molecule has 8 nitrogen and oxygen atoms in total. The summed E-state index contributed by atoms with van der Waals surface area (Å²) in [5.74, 6) is 0.345. The van der Waals surface area contributed by atoms with Crippen molar-refractivity contribution in [2.24, 2.45) is 0 Å². The van der Waals surface area contributed by atoms with Crippen LogP contribution in [0.1, 0.15) is 44.7 Å². The van der Waals surface area contributed by atoms with Gasteiger partial charge in [-0.05, 0) is 50.5 Å². The number of nitrogens with zero attached hydrogens (tertiary/aromatic N) is 2. The first-order valence-corrected chi connectivity index (χ1v) is 9.48. The molecular formula is C19H23N3O5S. The number of allylic oxidation sites excluding steroid dienone is 1. The molecule has 0 bridgehead atoms. The van der Waals surface area contributed by atoms with E-state index in [-0.39, 0.29) is 29.1 Å². The monoisotopic (exact) mass is 405 g/mol. The number of thiocarbonyl (C=S) groups is 1. The zero-order chi connectivity index (χ0) is 20.6. The highest BCUT2D eigenvalue weighted by atomic mass is 32.1. The third-order valence-electron chi connectivity index (χ3n) is 4.86. The van der Waals surface area contributed by atoms with Crippen molar-refractivity contribution >= 4 is 28.8 Å². The fourth-order valence-corrected chi connectivity index (χ4v) is 3.83. The third-order valence-corrected chi connectivity index (χ3v) is 5.25. The average molecular weight is 405 g/mol. The Labute approximate surface area is 168 Å². The molecule has 1 heterocycles. The minimum atomic E-state index is -0.563. The number of methoxy groups -OCH3 is 1. The van der Waals surface area contributed by atoms with Crippen molar-refractivity contribution in [1.82, 2.24) is 10.2 Å². The number of rotatable bonds is 5. The lowest BCUT2D eigenvalue weighted by atomic mass is 9.84. The van der Waals surface area contributed by atoms with Crippen molar-refractivity contribution < 1.29 is 19.2 Å². The van der Waals surface area contributed by atoms with E-state index in [9.17, 15) is 14.9 Å². The first-order chi connectivity index (χ1) is 13.2. The van der Waals surface area contributed by atoms with E-state index in [1.807, 2.05) is 7.05 Å². The summed E-state index contributed by atoms with van der Waals surface area (Å²) in [5.41, 5.74) is 1.81. The predicted octanol–water partition coefficient (Wildman–Crippen LogP) is 3.26. The van der Waals surface area contributed by atoms with E-state index in [0.29, 0.717) is 22.7 Å². The Morgan fingerprint density at radius 2 is 2.07 bits per heavy atom. The summed E-state index contributed by atoms with van der Waals surface area (Å²) < 4.78 is 11.0. The van der Waals surface area contributed by atoms with E-state index < -0.39 is 11.0 Å². The van der Waals surface area contributed by atoms with Crippen molar-refractivity contribution in [3.05, 3.63) is 39.1 Å². The largest absolute Gasteiger partial charge is 0.493 e. The van der Waals surface area contributed by atoms with Crippen LogP contribution in [-0.4, -0.2) is 41.0 Å². The highest BCUT2D eigenvalue weighted by Crippen LogP contribution is 2.44. The molecule has 0 saturated heterocycles. The van der Waals surface area contributed by atoms with E-state index in [1.54, 1.807) is 24.8 Å². The maximum Gasteiger partial charge on any atom is 0.315 e. The van der Waals surface area contributed by atoms with Gasteiger partial charge < -0.3 is 19.7 Å². The molecule has 9 heteroatoms. The summed E-state index contributed by atoms with van der Waals surface area (Å²) in [7, 11) is 3.25. The van der Waals surface area contributed by atoms with Crippen LogP contribution in [-0.2, 0) is 4.79 Å². The van der Waals surface area contributed by atoms with E-state index in [4.69, 9.17) is 21.7 Å². The standard InChI is InChI=1S/C19H23N3O5S/c1-10(2)27-18-13(22(24)25)8-11(9-15(18)26-4)17-16-12(6-5-7-14(16)23)21(3)19(28)20-17/h8-10,17H,5-7H2,1-4H3,(H,20,28). The Bertz CT molecular complexity index is 881. The minimum Gasteiger partial charge on any atom is -0.493 e. The molecule has 1 aliphatic heterocycles. The average Bonchev–Trinajstić information content (AvgIpc) is 2.64. The molecule has 1 N–H and O–H groups in total. The molecule has 3 rings (SSSR count). The van der Waals surface area contributed by atoms with Crippen LogP contribution in [0.4, 0.5) is 5.69 Å². The van der Waals surface area contributed by atoms with Crippen molar-refractivity contribution in [3.8, 4) is 11.5 Å². The number of hydrogen-bond acceptors (Lipinski definition) is 6. The van der Waals surface area contributed by atoms with E-state index >= 15 is 0 Å². The SMILES string of the molecule is COc1cc(C2NC(=S)N(C)C3=C2C(=O)CCC3)cc([N+](=O)[O-])c1OC(C)C. The van der Waals surface area contributed by atoms with Crippen LogP contribution >= 0.6 is 12.2 Å². The Hall–Kier alpha value is -2.68. The van der Waals surface area contributed by atoms with Gasteiger partial charge in [-0.25, -0.2) is 0 Å². The molecule has 0 spiro atoms. The van der Waals surface area contributed by atoms with E-state index in [0.717, 1.165) is 18.5 Å². The lowest BCUT2D eigenvalue weighted by Gasteiger charge is -2.39. The quantitative estimate of drug-likeness (QED) is 0.453. The zero-order valence-corrected chi connectivity index (χ0v) is 17.1. The molecule has 1 atom stereocenters. The van der Waals surface area contributed by atoms with Crippen LogP contribution in [0.2, 0.25) is 0 Å². The molecule has 150 valence electrons. The lowest BCUT2D eigenvalue weighted by Crippen LogP contribution is -2.47. The maximum atomic E-state index is 12.7. The summed E-state index contributed by atoms with van der Waals surface area (Å²) in [5, 5.41) is 15.3. The van der Waals surface area contributed by atoms with Crippen LogP contribution in [0.5, 0.6) is 11.5 Å². The van der Waals surface area contributed by atoms with Gasteiger partial charge in [-0.3, -0.25) is 14.9 Å². The number of nitro groups is 1. The fraction of sp³-hybridized carbons (Fsp3) is 0.474. The molecule has 0 amide bonds. The Balaban J connectivity index is 2.18. The van der Waals surface area contributed by atoms with E-state index in [2.05, 4.69) is 5.32 Å². The Morgan fingerprint density at radius 3 is 2.68 bits per heavy atom. The Morgan fingerprint density at radius 1 is 1.36 bits per heavy atom. The maximum absolute atomic E-state index is 12.7. The molecule has 1 aromatic carbocycles. The normalized spacial score (nSPS) is 19.5. The van der Waals surface area contributed by atoms with Gasteiger partial charge in [-0.2, -0.15) is 0 Å². The molecule has 28 heavy (non-hydrogen) atoms. The zero-order valence-electron chi connectivity index (χ0n) is 16.3. The molecule has 0 radical (unpaired) electrons. The summed E-state index contributed by atoms with van der Waals surface area (Å²) in [6, 6.07) is 2.54. The number of carbonyl (C=O) groups excluding carboxylic acids is 1. The number of nitro benzene ring substituents is 1. The number of benzene rings is 1.